The molecule has 0 atom stereocenters. The van der Waals surface area contributed by atoms with Crippen molar-refractivity contribution in [2.24, 2.45) is 0 Å². The molecule has 1 fully saturated rings. The molecule has 0 aliphatic carbocycles. The van der Waals surface area contributed by atoms with Crippen LogP contribution in [0.2, 0.25) is 0 Å². The summed E-state index contributed by atoms with van der Waals surface area (Å²) in [5.74, 6) is 1.23. The van der Waals surface area contributed by atoms with Crippen molar-refractivity contribution in [1.82, 2.24) is 4.98 Å². The molecule has 170 valence electrons. The van der Waals surface area contributed by atoms with E-state index in [1.165, 1.54) is 12.7 Å². The molecular weight excluding hydrogens is 512 g/mol. The van der Waals surface area contributed by atoms with Crippen LogP contribution >= 0.6 is 27.3 Å². The van der Waals surface area contributed by atoms with Crippen molar-refractivity contribution in [3.05, 3.63) is 63.6 Å². The third kappa shape index (κ3) is 4.94. The van der Waals surface area contributed by atoms with Crippen molar-refractivity contribution in [3.8, 4) is 11.5 Å². The van der Waals surface area contributed by atoms with E-state index in [0.29, 0.717) is 31.7 Å². The largest absolute Gasteiger partial charge is 0.497 e. The van der Waals surface area contributed by atoms with Crippen molar-refractivity contribution < 1.29 is 17.9 Å². The first kappa shape index (κ1) is 23.1. The zero-order valence-corrected chi connectivity index (χ0v) is 21.2. The minimum atomic E-state index is -3.48. The summed E-state index contributed by atoms with van der Waals surface area (Å²) in [5, 5.41) is 2.60. The van der Waals surface area contributed by atoms with Crippen LogP contribution in [0, 0.1) is 0 Å². The van der Waals surface area contributed by atoms with E-state index < -0.39 is 15.1 Å². The number of rotatable bonds is 7. The first-order chi connectivity index (χ1) is 15.4. The Morgan fingerprint density at radius 2 is 1.81 bits per heavy atom. The van der Waals surface area contributed by atoms with Crippen LogP contribution in [0.25, 0.3) is 0 Å². The molecule has 1 aliphatic heterocycles. The van der Waals surface area contributed by atoms with E-state index in [4.69, 9.17) is 14.5 Å². The van der Waals surface area contributed by atoms with E-state index in [-0.39, 0.29) is 4.90 Å². The predicted octanol–water partition coefficient (Wildman–Crippen LogP) is 4.96. The minimum absolute atomic E-state index is 0.254. The number of nitrogens with zero attached hydrogens (tertiary/aromatic N) is 2. The lowest BCUT2D eigenvalue weighted by molar-refractivity contribution is 0.401. The van der Waals surface area contributed by atoms with Gasteiger partial charge in [-0.1, -0.05) is 28.1 Å². The molecule has 0 radical (unpaired) electrons. The number of methoxy groups -OCH3 is 2. The third-order valence-corrected chi connectivity index (χ3v) is 9.39. The smallest absolute Gasteiger partial charge is 0.185 e. The molecule has 32 heavy (non-hydrogen) atoms. The lowest BCUT2D eigenvalue weighted by Crippen LogP contribution is -2.39. The van der Waals surface area contributed by atoms with Gasteiger partial charge >= 0.3 is 0 Å². The van der Waals surface area contributed by atoms with Crippen LogP contribution in [0.15, 0.2) is 57.2 Å². The number of benzene rings is 2. The van der Waals surface area contributed by atoms with Crippen molar-refractivity contribution in [2.75, 3.05) is 32.2 Å². The van der Waals surface area contributed by atoms with Gasteiger partial charge in [-0.2, -0.15) is 0 Å². The quantitative estimate of drug-likeness (QED) is 0.425. The summed E-state index contributed by atoms with van der Waals surface area (Å²) in [6, 6.07) is 13.1. The summed E-state index contributed by atoms with van der Waals surface area (Å²) < 4.78 is 37.8. The van der Waals surface area contributed by atoms with Gasteiger partial charge in [0.15, 0.2) is 15.0 Å². The topological polar surface area (TPSA) is 68.7 Å². The Balaban J connectivity index is 1.41. The van der Waals surface area contributed by atoms with E-state index in [9.17, 15) is 8.42 Å². The molecule has 0 bridgehead atoms. The van der Waals surface area contributed by atoms with Crippen molar-refractivity contribution in [3.63, 3.8) is 0 Å². The maximum Gasteiger partial charge on any atom is 0.185 e. The zero-order chi connectivity index (χ0) is 22.7. The maximum atomic E-state index is 13.3. The highest BCUT2D eigenvalue weighted by Crippen LogP contribution is 2.34. The molecular formula is C23H25BrN2O4S2. The summed E-state index contributed by atoms with van der Waals surface area (Å²) in [6.07, 6.45) is 1.88. The average Bonchev–Trinajstić information content (AvgIpc) is 3.28. The van der Waals surface area contributed by atoms with Gasteiger partial charge in [-0.05, 0) is 48.7 Å². The van der Waals surface area contributed by atoms with Gasteiger partial charge < -0.3 is 14.4 Å². The highest BCUT2D eigenvalue weighted by molar-refractivity contribution is 9.10. The molecule has 1 aliphatic rings. The molecule has 2 aromatic carbocycles. The van der Waals surface area contributed by atoms with Crippen LogP contribution in [0.1, 0.15) is 24.1 Å². The molecule has 1 saturated heterocycles. The third-order valence-electron chi connectivity index (χ3n) is 5.67. The highest BCUT2D eigenvalue weighted by Gasteiger charge is 2.34. The number of anilines is 1. The van der Waals surface area contributed by atoms with Gasteiger partial charge in [-0.25, -0.2) is 13.4 Å². The summed E-state index contributed by atoms with van der Waals surface area (Å²) in [6.45, 7) is 1.32. The number of halogens is 1. The summed E-state index contributed by atoms with van der Waals surface area (Å²) in [7, 11) is -0.328. The van der Waals surface area contributed by atoms with Crippen LogP contribution in [0.3, 0.4) is 0 Å². The molecule has 0 N–H and O–H groups in total. The van der Waals surface area contributed by atoms with Gasteiger partial charge in [0.1, 0.15) is 16.4 Å². The predicted molar refractivity (Wildman–Crippen MR) is 131 cm³/mol. The normalized spacial score (nSPS) is 15.0. The van der Waals surface area contributed by atoms with Gasteiger partial charge in [0.05, 0.1) is 25.2 Å². The standard InChI is InChI=1S/C23H25BrN2O4S2/c1-29-19-6-3-16(4-7-19)13-18-15-31-23(25-18)26-11-9-20(10-12-26)32(27,28)22-14-17(24)5-8-21(22)30-2/h3-8,14-15,20H,9-13H2,1-2H3. The summed E-state index contributed by atoms with van der Waals surface area (Å²) >= 11 is 4.98. The molecule has 2 heterocycles. The monoisotopic (exact) mass is 536 g/mol. The van der Waals surface area contributed by atoms with Gasteiger partial charge in [0.2, 0.25) is 0 Å². The molecule has 3 aromatic rings. The SMILES string of the molecule is COc1ccc(Cc2csc(N3CCC(S(=O)(=O)c4cc(Br)ccc4OC)CC3)n2)cc1. The molecule has 0 unspecified atom stereocenters. The van der Waals surface area contributed by atoms with Crippen molar-refractivity contribution in [1.29, 1.82) is 0 Å². The molecule has 0 amide bonds. The van der Waals surface area contributed by atoms with E-state index >= 15 is 0 Å². The van der Waals surface area contributed by atoms with Gasteiger partial charge in [0.25, 0.3) is 0 Å². The highest BCUT2D eigenvalue weighted by atomic mass is 79.9. The van der Waals surface area contributed by atoms with Gasteiger partial charge in [0, 0.05) is 29.4 Å². The molecule has 6 nitrogen and oxygen atoms in total. The second-order valence-corrected chi connectivity index (χ2v) is 11.6. The molecule has 1 aromatic heterocycles. The van der Waals surface area contributed by atoms with Crippen LogP contribution in [0.4, 0.5) is 5.13 Å². The Bertz CT molecular complexity index is 1170. The van der Waals surface area contributed by atoms with Crippen LogP contribution < -0.4 is 14.4 Å². The fourth-order valence-corrected chi connectivity index (χ4v) is 7.19. The number of ether oxygens (including phenoxy) is 2. The Labute approximate surface area is 201 Å². The van der Waals surface area contributed by atoms with E-state index in [1.807, 2.05) is 24.3 Å². The number of aromatic nitrogens is 1. The number of sulfone groups is 1. The Morgan fingerprint density at radius 3 is 2.47 bits per heavy atom. The van der Waals surface area contributed by atoms with Crippen molar-refractivity contribution >= 4 is 42.2 Å². The van der Waals surface area contributed by atoms with E-state index in [2.05, 4.69) is 26.2 Å². The fourth-order valence-electron chi connectivity index (χ4n) is 3.89. The van der Waals surface area contributed by atoms with Gasteiger partial charge in [-0.3, -0.25) is 0 Å². The Morgan fingerprint density at radius 1 is 1.09 bits per heavy atom. The van der Waals surface area contributed by atoms with Crippen LogP contribution in [-0.2, 0) is 16.3 Å². The lowest BCUT2D eigenvalue weighted by Gasteiger charge is -2.31. The number of hydrogen-bond donors (Lipinski definition) is 0. The number of hydrogen-bond acceptors (Lipinski definition) is 7. The first-order valence-corrected chi connectivity index (χ1v) is 13.5. The van der Waals surface area contributed by atoms with Crippen LogP contribution in [-0.4, -0.2) is 46.0 Å². The number of thiazole rings is 1. The summed E-state index contributed by atoms with van der Waals surface area (Å²) in [5.41, 5.74) is 2.19. The second kappa shape index (κ2) is 9.80. The number of piperidine rings is 1. The second-order valence-electron chi connectivity index (χ2n) is 7.67. The minimum Gasteiger partial charge on any atom is -0.497 e. The Hall–Kier alpha value is -2.10. The average molecular weight is 538 g/mol. The van der Waals surface area contributed by atoms with E-state index in [0.717, 1.165) is 27.5 Å². The van der Waals surface area contributed by atoms with Gasteiger partial charge in [-0.15, -0.1) is 11.3 Å². The zero-order valence-electron chi connectivity index (χ0n) is 18.0. The molecule has 0 spiro atoms. The molecule has 9 heteroatoms. The lowest BCUT2D eigenvalue weighted by atomic mass is 10.1. The molecule has 4 rings (SSSR count). The van der Waals surface area contributed by atoms with Crippen molar-refractivity contribution in [2.45, 2.75) is 29.4 Å². The summed E-state index contributed by atoms with van der Waals surface area (Å²) in [4.78, 5) is 7.23. The first-order valence-electron chi connectivity index (χ1n) is 10.3. The Kier molecular flexibility index (Phi) is 7.07. The molecule has 0 saturated carbocycles. The van der Waals surface area contributed by atoms with Crippen LogP contribution in [0.5, 0.6) is 11.5 Å². The fraction of sp³-hybridized carbons (Fsp3) is 0.348. The van der Waals surface area contributed by atoms with E-state index in [1.54, 1.807) is 36.6 Å². The maximum absolute atomic E-state index is 13.3.